The SMILES string of the molecule is CC.CC(F)(F)F.N#Cc1ccc(N2CCN(C(=O)c3cc(Cc4n[nH]c(=O)c5ccc(Br)cc45)ccc3F)CC2)nc1. The first-order valence-electron chi connectivity index (χ1n) is 13.4. The van der Waals surface area contributed by atoms with Gasteiger partial charge in [0.1, 0.15) is 17.7 Å². The van der Waals surface area contributed by atoms with Gasteiger partial charge in [0, 0.05) is 55.6 Å². The molecule has 1 amide bonds. The van der Waals surface area contributed by atoms with Crippen LogP contribution in [0.15, 0.2) is 64.0 Å². The molecule has 13 heteroatoms. The highest BCUT2D eigenvalue weighted by Gasteiger charge is 2.25. The molecule has 4 aromatic rings. The number of alkyl halides is 3. The van der Waals surface area contributed by atoms with Crippen LogP contribution < -0.4 is 10.5 Å². The molecule has 0 saturated carbocycles. The summed E-state index contributed by atoms with van der Waals surface area (Å²) < 4.78 is 46.6. The third-order valence-electron chi connectivity index (χ3n) is 6.23. The average Bonchev–Trinajstić information content (AvgIpc) is 2.99. The van der Waals surface area contributed by atoms with Crippen LogP contribution in [0.5, 0.6) is 0 Å². The molecule has 8 nitrogen and oxygen atoms in total. The van der Waals surface area contributed by atoms with Gasteiger partial charge in [-0.15, -0.1) is 0 Å². The van der Waals surface area contributed by atoms with Crippen molar-refractivity contribution in [3.8, 4) is 6.07 Å². The van der Waals surface area contributed by atoms with Crippen molar-refractivity contribution in [2.24, 2.45) is 0 Å². The van der Waals surface area contributed by atoms with Gasteiger partial charge in [-0.1, -0.05) is 35.8 Å². The van der Waals surface area contributed by atoms with Gasteiger partial charge in [-0.3, -0.25) is 9.59 Å². The number of piperazine rings is 1. The maximum Gasteiger partial charge on any atom is 0.386 e. The Balaban J connectivity index is 0.000000657. The third kappa shape index (κ3) is 9.09. The lowest BCUT2D eigenvalue weighted by molar-refractivity contribution is -0.110. The van der Waals surface area contributed by atoms with E-state index in [1.165, 1.54) is 12.3 Å². The molecule has 1 aliphatic heterocycles. The van der Waals surface area contributed by atoms with Gasteiger partial charge >= 0.3 is 6.18 Å². The molecule has 1 aliphatic rings. The van der Waals surface area contributed by atoms with Crippen molar-refractivity contribution in [3.05, 3.63) is 97.8 Å². The zero-order chi connectivity index (χ0) is 31.7. The minimum atomic E-state index is -4.00. The Hall–Kier alpha value is -4.31. The van der Waals surface area contributed by atoms with Crippen molar-refractivity contribution in [2.45, 2.75) is 33.4 Å². The van der Waals surface area contributed by atoms with E-state index in [0.29, 0.717) is 60.2 Å². The Morgan fingerprint density at radius 2 is 1.72 bits per heavy atom. The maximum atomic E-state index is 14.7. The molecule has 0 radical (unpaired) electrons. The number of nitriles is 1. The summed E-state index contributed by atoms with van der Waals surface area (Å²) in [6.07, 6.45) is -2.16. The first-order valence-corrected chi connectivity index (χ1v) is 14.1. The summed E-state index contributed by atoms with van der Waals surface area (Å²) in [6.45, 7) is 6.13. The highest BCUT2D eigenvalue weighted by atomic mass is 79.9. The lowest BCUT2D eigenvalue weighted by Gasteiger charge is -2.35. The van der Waals surface area contributed by atoms with Crippen molar-refractivity contribution in [2.75, 3.05) is 31.1 Å². The van der Waals surface area contributed by atoms with Crippen LogP contribution in [0.2, 0.25) is 0 Å². The van der Waals surface area contributed by atoms with E-state index < -0.39 is 12.0 Å². The van der Waals surface area contributed by atoms with E-state index in [0.717, 1.165) is 10.3 Å². The van der Waals surface area contributed by atoms with Crippen LogP contribution in [0.25, 0.3) is 10.8 Å². The molecule has 1 saturated heterocycles. The number of rotatable bonds is 4. The van der Waals surface area contributed by atoms with Crippen LogP contribution in [0.4, 0.5) is 23.4 Å². The van der Waals surface area contributed by atoms with Crippen molar-refractivity contribution >= 4 is 38.4 Å². The Morgan fingerprint density at radius 1 is 1.05 bits per heavy atom. The van der Waals surface area contributed by atoms with E-state index in [1.807, 2.05) is 30.9 Å². The van der Waals surface area contributed by atoms with Crippen molar-refractivity contribution in [3.63, 3.8) is 0 Å². The van der Waals surface area contributed by atoms with Crippen LogP contribution in [-0.4, -0.2) is 58.3 Å². The van der Waals surface area contributed by atoms with Gasteiger partial charge in [0.15, 0.2) is 0 Å². The first kappa shape index (κ1) is 33.2. The van der Waals surface area contributed by atoms with Gasteiger partial charge in [-0.25, -0.2) is 14.5 Å². The molecule has 0 spiro atoms. The average molecular weight is 661 g/mol. The number of H-pyrrole nitrogens is 1. The Kier molecular flexibility index (Phi) is 11.4. The molecule has 3 heterocycles. The lowest BCUT2D eigenvalue weighted by Crippen LogP contribution is -2.49. The Labute approximate surface area is 254 Å². The fourth-order valence-electron chi connectivity index (χ4n) is 4.31. The number of fused-ring (bicyclic) bond motifs is 1. The number of carbonyl (C=O) groups is 1. The normalized spacial score (nSPS) is 12.9. The molecule has 2 aromatic carbocycles. The number of anilines is 1. The fourth-order valence-corrected chi connectivity index (χ4v) is 4.68. The number of aromatic amines is 1. The Morgan fingerprint density at radius 3 is 2.33 bits per heavy atom. The van der Waals surface area contributed by atoms with Gasteiger partial charge in [0.05, 0.1) is 22.2 Å². The van der Waals surface area contributed by atoms with Crippen LogP contribution in [0, 0.1) is 17.1 Å². The molecule has 2 aromatic heterocycles. The maximum absolute atomic E-state index is 14.7. The summed E-state index contributed by atoms with van der Waals surface area (Å²) in [7, 11) is 0. The van der Waals surface area contributed by atoms with Gasteiger partial charge in [-0.2, -0.15) is 23.5 Å². The summed E-state index contributed by atoms with van der Waals surface area (Å²) in [5.41, 5.74) is 1.54. The van der Waals surface area contributed by atoms with Gasteiger partial charge in [0.2, 0.25) is 0 Å². The molecule has 5 rings (SSSR count). The predicted octanol–water partition coefficient (Wildman–Crippen LogP) is 6.24. The van der Waals surface area contributed by atoms with E-state index >= 15 is 0 Å². The summed E-state index contributed by atoms with van der Waals surface area (Å²) in [5.74, 6) is -0.215. The summed E-state index contributed by atoms with van der Waals surface area (Å²) in [6, 6.07) is 15.3. The van der Waals surface area contributed by atoms with E-state index in [1.54, 1.807) is 41.3 Å². The van der Waals surface area contributed by atoms with Crippen molar-refractivity contribution in [1.29, 1.82) is 5.26 Å². The second-order valence-electron chi connectivity index (χ2n) is 9.26. The molecule has 226 valence electrons. The summed E-state index contributed by atoms with van der Waals surface area (Å²) >= 11 is 3.43. The number of amides is 1. The number of carbonyl (C=O) groups excluding carboxylic acids is 1. The van der Waals surface area contributed by atoms with Crippen LogP contribution in [0.1, 0.15) is 48.0 Å². The van der Waals surface area contributed by atoms with Gasteiger partial charge in [0.25, 0.3) is 11.5 Å². The highest BCUT2D eigenvalue weighted by Crippen LogP contribution is 2.23. The summed E-state index contributed by atoms with van der Waals surface area (Å²) in [5, 5.41) is 16.9. The smallest absolute Gasteiger partial charge is 0.353 e. The van der Waals surface area contributed by atoms with E-state index in [9.17, 15) is 27.2 Å². The molecular weight excluding hydrogens is 632 g/mol. The molecule has 0 atom stereocenters. The quantitative estimate of drug-likeness (QED) is 0.260. The minimum Gasteiger partial charge on any atom is -0.353 e. The second kappa shape index (κ2) is 14.7. The fraction of sp³-hybridized carbons (Fsp3) is 0.300. The van der Waals surface area contributed by atoms with Gasteiger partial charge < -0.3 is 9.80 Å². The number of pyridine rings is 1. The standard InChI is InChI=1S/C26H20BrFN6O2.C2H3F3.C2H6/c27-18-3-4-19-20(13-18)23(31-32-25(19)35)12-16-1-5-22(28)21(11-16)26(36)34-9-7-33(8-10-34)24-6-2-17(14-29)15-30-24;1-2(3,4)5;1-2/h1-6,11,13,15H,7-10,12H2,(H,32,35);1H3;1-2H3. The molecular formula is C30H29BrF4N6O2. The largest absolute Gasteiger partial charge is 0.386 e. The zero-order valence-electron chi connectivity index (χ0n) is 23.7. The molecule has 0 bridgehead atoms. The number of halogens is 5. The Bertz CT molecular complexity index is 1660. The molecule has 0 aliphatic carbocycles. The number of benzene rings is 2. The number of hydrogen-bond donors (Lipinski definition) is 1. The van der Waals surface area contributed by atoms with Crippen LogP contribution in [0.3, 0.4) is 0 Å². The topological polar surface area (TPSA) is 106 Å². The van der Waals surface area contributed by atoms with E-state index in [2.05, 4.69) is 31.1 Å². The number of hydrogen-bond acceptors (Lipinski definition) is 6. The third-order valence-corrected chi connectivity index (χ3v) is 6.72. The summed E-state index contributed by atoms with van der Waals surface area (Å²) in [4.78, 5) is 33.3. The van der Waals surface area contributed by atoms with Crippen LogP contribution >= 0.6 is 15.9 Å². The number of nitrogens with zero attached hydrogens (tertiary/aromatic N) is 5. The van der Waals surface area contributed by atoms with Crippen molar-refractivity contribution in [1.82, 2.24) is 20.1 Å². The zero-order valence-corrected chi connectivity index (χ0v) is 25.3. The van der Waals surface area contributed by atoms with Gasteiger partial charge in [-0.05, 0) is 48.0 Å². The molecule has 1 N–H and O–H groups in total. The lowest BCUT2D eigenvalue weighted by atomic mass is 10.0. The number of nitrogens with one attached hydrogen (secondary N) is 1. The molecule has 43 heavy (non-hydrogen) atoms. The van der Waals surface area contributed by atoms with E-state index in [-0.39, 0.29) is 24.0 Å². The number of aromatic nitrogens is 3. The first-order chi connectivity index (χ1) is 20.4. The van der Waals surface area contributed by atoms with Crippen LogP contribution in [-0.2, 0) is 6.42 Å². The highest BCUT2D eigenvalue weighted by molar-refractivity contribution is 9.10. The minimum absolute atomic E-state index is 0.00681. The predicted molar refractivity (Wildman–Crippen MR) is 159 cm³/mol. The second-order valence-corrected chi connectivity index (χ2v) is 10.2. The monoisotopic (exact) mass is 660 g/mol. The molecule has 1 fully saturated rings. The molecule has 0 unspecified atom stereocenters. The van der Waals surface area contributed by atoms with E-state index in [4.69, 9.17) is 5.26 Å². The van der Waals surface area contributed by atoms with Crippen molar-refractivity contribution < 1.29 is 22.4 Å².